The highest BCUT2D eigenvalue weighted by atomic mass is 31.2. The first-order valence-electron chi connectivity index (χ1n) is 6.97. The fraction of sp³-hybridized carbons (Fsp3) is 0.125. The third-order valence-electron chi connectivity index (χ3n) is 2.88. The van der Waals surface area contributed by atoms with E-state index < -0.39 is 19.8 Å². The molecular weight excluding hydrogens is 331 g/mol. The molecular formula is C16H15N2O5P. The molecule has 2 atom stereocenters. The second kappa shape index (κ2) is 7.64. The minimum atomic E-state index is -4.04. The normalized spacial score (nSPS) is 14.0. The third kappa shape index (κ3) is 4.85. The van der Waals surface area contributed by atoms with Crippen molar-refractivity contribution in [1.29, 1.82) is 5.26 Å². The maximum absolute atomic E-state index is 13.0. The summed E-state index contributed by atoms with van der Waals surface area (Å²) in [6, 6.07) is 15.0. The van der Waals surface area contributed by atoms with E-state index in [1.54, 1.807) is 42.5 Å². The number of benzene rings is 2. The van der Waals surface area contributed by atoms with E-state index in [2.05, 4.69) is 5.09 Å². The third-order valence-corrected chi connectivity index (χ3v) is 4.49. The SMILES string of the molecule is CC(NP(=O)(Oc1ccccc1)Oc1cccc(C#N)c1)C(=O)O. The van der Waals surface area contributed by atoms with E-state index in [0.717, 1.165) is 0 Å². The molecule has 0 heterocycles. The summed E-state index contributed by atoms with van der Waals surface area (Å²) in [7, 11) is -4.04. The summed E-state index contributed by atoms with van der Waals surface area (Å²) in [4.78, 5) is 11.0. The molecule has 24 heavy (non-hydrogen) atoms. The zero-order valence-electron chi connectivity index (χ0n) is 12.7. The lowest BCUT2D eigenvalue weighted by atomic mass is 10.2. The van der Waals surface area contributed by atoms with Crippen LogP contribution in [-0.4, -0.2) is 17.1 Å². The van der Waals surface area contributed by atoms with Gasteiger partial charge < -0.3 is 14.2 Å². The number of carboxylic acid groups (broad SMARTS) is 1. The number of hydrogen-bond donors (Lipinski definition) is 2. The molecule has 2 unspecified atom stereocenters. The van der Waals surface area contributed by atoms with Crippen molar-refractivity contribution in [3.63, 3.8) is 0 Å². The monoisotopic (exact) mass is 346 g/mol. The molecule has 2 rings (SSSR count). The van der Waals surface area contributed by atoms with Gasteiger partial charge in [-0.3, -0.25) is 4.79 Å². The Morgan fingerprint density at radius 1 is 1.17 bits per heavy atom. The number of para-hydroxylation sites is 1. The predicted octanol–water partition coefficient (Wildman–Crippen LogP) is 3.19. The Morgan fingerprint density at radius 2 is 1.79 bits per heavy atom. The molecule has 2 N–H and O–H groups in total. The number of hydrogen-bond acceptors (Lipinski definition) is 5. The first-order valence-corrected chi connectivity index (χ1v) is 8.51. The largest absolute Gasteiger partial charge is 0.513 e. The maximum atomic E-state index is 13.0. The lowest BCUT2D eigenvalue weighted by molar-refractivity contribution is -0.138. The van der Waals surface area contributed by atoms with Gasteiger partial charge in [-0.05, 0) is 37.3 Å². The number of rotatable bonds is 7. The van der Waals surface area contributed by atoms with Crippen LogP contribution in [0.3, 0.4) is 0 Å². The molecule has 2 aromatic rings. The molecule has 0 aliphatic rings. The van der Waals surface area contributed by atoms with E-state index in [4.69, 9.17) is 19.4 Å². The summed E-state index contributed by atoms with van der Waals surface area (Å²) in [6.07, 6.45) is 0. The first-order chi connectivity index (χ1) is 11.4. The average Bonchev–Trinajstić information content (AvgIpc) is 2.55. The number of carboxylic acids is 1. The number of nitrogens with zero attached hydrogens (tertiary/aromatic N) is 1. The van der Waals surface area contributed by atoms with Gasteiger partial charge in [0.05, 0.1) is 11.6 Å². The van der Waals surface area contributed by atoms with Gasteiger partial charge in [0.2, 0.25) is 0 Å². The molecule has 7 nitrogen and oxygen atoms in total. The van der Waals surface area contributed by atoms with Crippen LogP contribution in [0.1, 0.15) is 12.5 Å². The van der Waals surface area contributed by atoms with Gasteiger partial charge in [0.1, 0.15) is 17.5 Å². The topological polar surface area (TPSA) is 109 Å². The quantitative estimate of drug-likeness (QED) is 0.741. The van der Waals surface area contributed by atoms with E-state index in [1.807, 2.05) is 6.07 Å². The average molecular weight is 346 g/mol. The van der Waals surface area contributed by atoms with Gasteiger partial charge in [-0.25, -0.2) is 4.57 Å². The smallest absolute Gasteiger partial charge is 0.480 e. The summed E-state index contributed by atoms with van der Waals surface area (Å²) in [5.41, 5.74) is 0.310. The Kier molecular flexibility index (Phi) is 5.59. The van der Waals surface area contributed by atoms with E-state index >= 15 is 0 Å². The maximum Gasteiger partial charge on any atom is 0.513 e. The zero-order chi connectivity index (χ0) is 17.6. The lowest BCUT2D eigenvalue weighted by Crippen LogP contribution is -2.34. The van der Waals surface area contributed by atoms with Gasteiger partial charge in [0.15, 0.2) is 0 Å². The van der Waals surface area contributed by atoms with E-state index in [1.165, 1.54) is 19.1 Å². The van der Waals surface area contributed by atoms with Crippen LogP contribution >= 0.6 is 7.75 Å². The van der Waals surface area contributed by atoms with Crippen molar-refractivity contribution in [2.45, 2.75) is 13.0 Å². The van der Waals surface area contributed by atoms with Crippen molar-refractivity contribution in [3.8, 4) is 17.6 Å². The lowest BCUT2D eigenvalue weighted by Gasteiger charge is -2.22. The first kappa shape index (κ1) is 17.5. The summed E-state index contributed by atoms with van der Waals surface area (Å²) in [5, 5.41) is 20.3. The van der Waals surface area contributed by atoms with Gasteiger partial charge in [-0.2, -0.15) is 10.3 Å². The predicted molar refractivity (Wildman–Crippen MR) is 86.7 cm³/mol. The van der Waals surface area contributed by atoms with Crippen molar-refractivity contribution >= 4 is 13.7 Å². The highest BCUT2D eigenvalue weighted by Gasteiger charge is 2.33. The molecule has 0 aliphatic carbocycles. The molecule has 0 aromatic heterocycles. The Labute approximate surface area is 139 Å². The molecule has 124 valence electrons. The number of aliphatic carboxylic acids is 1. The van der Waals surface area contributed by atoms with Crippen molar-refractivity contribution in [2.75, 3.05) is 0 Å². The molecule has 0 fully saturated rings. The van der Waals surface area contributed by atoms with Crippen LogP contribution in [0, 0.1) is 11.3 Å². The van der Waals surface area contributed by atoms with Gasteiger partial charge in [-0.1, -0.05) is 24.3 Å². The van der Waals surface area contributed by atoms with Crippen LogP contribution in [-0.2, 0) is 9.36 Å². The molecule has 0 spiro atoms. The Balaban J connectivity index is 2.29. The summed E-state index contributed by atoms with van der Waals surface area (Å²) < 4.78 is 23.7. The molecule has 0 aliphatic heterocycles. The Morgan fingerprint density at radius 3 is 2.42 bits per heavy atom. The molecule has 8 heteroatoms. The zero-order valence-corrected chi connectivity index (χ0v) is 13.6. The molecule has 2 aromatic carbocycles. The van der Waals surface area contributed by atoms with E-state index in [-0.39, 0.29) is 11.5 Å². The fourth-order valence-electron chi connectivity index (χ4n) is 1.75. The second-order valence-electron chi connectivity index (χ2n) is 4.82. The van der Waals surface area contributed by atoms with Crippen LogP contribution in [0.25, 0.3) is 0 Å². The van der Waals surface area contributed by atoms with Crippen molar-refractivity contribution in [1.82, 2.24) is 5.09 Å². The van der Waals surface area contributed by atoms with E-state index in [0.29, 0.717) is 5.56 Å². The van der Waals surface area contributed by atoms with Crippen molar-refractivity contribution < 1.29 is 23.5 Å². The second-order valence-corrected chi connectivity index (χ2v) is 6.44. The molecule has 0 amide bonds. The number of nitrogens with one attached hydrogen (secondary N) is 1. The van der Waals surface area contributed by atoms with Crippen LogP contribution in [0.4, 0.5) is 0 Å². The van der Waals surface area contributed by atoms with Gasteiger partial charge in [-0.15, -0.1) is 0 Å². The molecule has 0 saturated carbocycles. The molecule has 0 radical (unpaired) electrons. The van der Waals surface area contributed by atoms with Gasteiger partial charge in [0, 0.05) is 0 Å². The van der Waals surface area contributed by atoms with Crippen molar-refractivity contribution in [2.24, 2.45) is 0 Å². The van der Waals surface area contributed by atoms with Crippen LogP contribution < -0.4 is 14.1 Å². The van der Waals surface area contributed by atoms with Crippen LogP contribution in [0.2, 0.25) is 0 Å². The molecule has 0 saturated heterocycles. The highest BCUT2D eigenvalue weighted by Crippen LogP contribution is 2.45. The Bertz CT molecular complexity index is 804. The fourth-order valence-corrected chi connectivity index (χ4v) is 3.26. The summed E-state index contributed by atoms with van der Waals surface area (Å²) in [5.74, 6) is -0.831. The number of nitriles is 1. The van der Waals surface area contributed by atoms with Gasteiger partial charge in [0.25, 0.3) is 0 Å². The van der Waals surface area contributed by atoms with E-state index in [9.17, 15) is 9.36 Å². The standard InChI is InChI=1S/C16H15N2O5P/c1-12(16(19)20)18-24(21,22-14-7-3-2-4-8-14)23-15-9-5-6-13(10-15)11-17/h2-10,12H,1H3,(H,18,21)(H,19,20). The van der Waals surface area contributed by atoms with Crippen LogP contribution in [0.15, 0.2) is 54.6 Å². The summed E-state index contributed by atoms with van der Waals surface area (Å²) >= 11 is 0. The van der Waals surface area contributed by atoms with Gasteiger partial charge >= 0.3 is 13.7 Å². The highest BCUT2D eigenvalue weighted by molar-refractivity contribution is 7.52. The van der Waals surface area contributed by atoms with Crippen LogP contribution in [0.5, 0.6) is 11.5 Å². The minimum Gasteiger partial charge on any atom is -0.480 e. The Hall–Kier alpha value is -2.81. The minimum absolute atomic E-state index is 0.124. The summed E-state index contributed by atoms with van der Waals surface area (Å²) in [6.45, 7) is 1.32. The number of carbonyl (C=O) groups is 1. The molecule has 0 bridgehead atoms. The van der Waals surface area contributed by atoms with Crippen molar-refractivity contribution in [3.05, 3.63) is 60.2 Å².